The van der Waals surface area contributed by atoms with Gasteiger partial charge in [-0.05, 0) is 45.0 Å². The second-order valence-corrected chi connectivity index (χ2v) is 5.26. The molecule has 13 heavy (non-hydrogen) atoms. The largest absolute Gasteiger partial charge is 0.287 e. The van der Waals surface area contributed by atoms with E-state index in [1.165, 1.54) is 25.7 Å². The Balaban J connectivity index is 2.05. The zero-order valence-electron chi connectivity index (χ0n) is 8.12. The molecular weight excluding hydrogens is 180 g/mol. The second-order valence-electron chi connectivity index (χ2n) is 4.04. The molecule has 0 aromatic rings. The monoisotopic (exact) mass is 196 g/mol. The summed E-state index contributed by atoms with van der Waals surface area (Å²) >= 11 is 1.89. The normalized spacial score (nSPS) is 28.3. The van der Waals surface area contributed by atoms with Gasteiger partial charge in [0.1, 0.15) is 6.04 Å². The van der Waals surface area contributed by atoms with Crippen LogP contribution in [-0.2, 0) is 0 Å². The highest BCUT2D eigenvalue weighted by atomic mass is 32.2. The van der Waals surface area contributed by atoms with Gasteiger partial charge < -0.3 is 0 Å². The maximum atomic E-state index is 9.19. The van der Waals surface area contributed by atoms with Crippen LogP contribution < -0.4 is 0 Å². The molecule has 1 unspecified atom stereocenters. The molecule has 1 heterocycles. The molecule has 0 aromatic heterocycles. The number of hydrogen-bond donors (Lipinski definition) is 0. The standard InChI is InChI=1S/C10H16N2S/c1-13-10(4-5-10)9(8-11)12-6-2-3-7-12/h9H,2-7H2,1H3. The minimum atomic E-state index is 0.185. The minimum Gasteiger partial charge on any atom is -0.287 e. The highest BCUT2D eigenvalue weighted by Gasteiger charge is 2.51. The van der Waals surface area contributed by atoms with Crippen LogP contribution in [0.3, 0.4) is 0 Å². The van der Waals surface area contributed by atoms with Crippen molar-refractivity contribution in [3.63, 3.8) is 0 Å². The van der Waals surface area contributed by atoms with Gasteiger partial charge in [0.15, 0.2) is 0 Å². The van der Waals surface area contributed by atoms with Crippen LogP contribution in [-0.4, -0.2) is 35.0 Å². The fraction of sp³-hybridized carbons (Fsp3) is 0.900. The third-order valence-electron chi connectivity index (χ3n) is 3.28. The zero-order valence-corrected chi connectivity index (χ0v) is 8.94. The Morgan fingerprint density at radius 2 is 2.00 bits per heavy atom. The van der Waals surface area contributed by atoms with Crippen molar-refractivity contribution in [2.45, 2.75) is 36.5 Å². The zero-order chi connectivity index (χ0) is 9.31. The molecular formula is C10H16N2S. The van der Waals surface area contributed by atoms with Crippen molar-refractivity contribution < 1.29 is 0 Å². The fourth-order valence-electron chi connectivity index (χ4n) is 2.24. The van der Waals surface area contributed by atoms with Crippen molar-refractivity contribution >= 4 is 11.8 Å². The summed E-state index contributed by atoms with van der Waals surface area (Å²) in [5.41, 5.74) is 0. The van der Waals surface area contributed by atoms with Gasteiger partial charge in [-0.1, -0.05) is 0 Å². The highest BCUT2D eigenvalue weighted by molar-refractivity contribution is 8.00. The second kappa shape index (κ2) is 3.51. The predicted octanol–water partition coefficient (Wildman–Crippen LogP) is 1.87. The van der Waals surface area contributed by atoms with Crippen LogP contribution in [0.15, 0.2) is 0 Å². The van der Waals surface area contributed by atoms with Gasteiger partial charge in [-0.2, -0.15) is 17.0 Å². The molecule has 0 N–H and O–H groups in total. The minimum absolute atomic E-state index is 0.185. The van der Waals surface area contributed by atoms with Crippen molar-refractivity contribution in [2.24, 2.45) is 0 Å². The lowest BCUT2D eigenvalue weighted by atomic mass is 10.2. The van der Waals surface area contributed by atoms with E-state index in [1.54, 1.807) is 0 Å². The maximum absolute atomic E-state index is 9.19. The summed E-state index contributed by atoms with van der Waals surface area (Å²) < 4.78 is 0.305. The first-order chi connectivity index (χ1) is 6.32. The molecule has 3 heteroatoms. The average Bonchev–Trinajstić information content (AvgIpc) is 2.75. The van der Waals surface area contributed by atoms with Crippen molar-refractivity contribution in [1.29, 1.82) is 5.26 Å². The number of hydrogen-bond acceptors (Lipinski definition) is 3. The van der Waals surface area contributed by atoms with E-state index in [0.29, 0.717) is 4.75 Å². The first kappa shape index (κ1) is 9.36. The molecule has 0 spiro atoms. The first-order valence-electron chi connectivity index (χ1n) is 5.01. The summed E-state index contributed by atoms with van der Waals surface area (Å²) in [7, 11) is 0. The molecule has 1 atom stereocenters. The van der Waals surface area contributed by atoms with E-state index in [-0.39, 0.29) is 6.04 Å². The Kier molecular flexibility index (Phi) is 2.53. The van der Waals surface area contributed by atoms with Gasteiger partial charge in [-0.25, -0.2) is 0 Å². The summed E-state index contributed by atoms with van der Waals surface area (Å²) in [6, 6.07) is 2.69. The lowest BCUT2D eigenvalue weighted by molar-refractivity contribution is 0.278. The first-order valence-corrected chi connectivity index (χ1v) is 6.24. The summed E-state index contributed by atoms with van der Waals surface area (Å²) in [4.78, 5) is 2.38. The van der Waals surface area contributed by atoms with Crippen LogP contribution in [0.5, 0.6) is 0 Å². The van der Waals surface area contributed by atoms with Gasteiger partial charge in [0.05, 0.1) is 6.07 Å². The number of likely N-dealkylation sites (tertiary alicyclic amines) is 1. The van der Waals surface area contributed by atoms with Gasteiger partial charge in [0, 0.05) is 4.75 Å². The van der Waals surface area contributed by atoms with Crippen molar-refractivity contribution in [3.8, 4) is 6.07 Å². The molecule has 1 saturated carbocycles. The summed E-state index contributed by atoms with van der Waals surface area (Å²) in [6.45, 7) is 2.28. The van der Waals surface area contributed by atoms with Gasteiger partial charge >= 0.3 is 0 Å². The molecule has 2 aliphatic rings. The lowest BCUT2D eigenvalue weighted by Crippen LogP contribution is -2.40. The average molecular weight is 196 g/mol. The maximum Gasteiger partial charge on any atom is 0.113 e. The SMILES string of the molecule is CSC1(C(C#N)N2CCCC2)CC1. The summed E-state index contributed by atoms with van der Waals surface area (Å²) in [5.74, 6) is 0. The Morgan fingerprint density at radius 1 is 1.38 bits per heavy atom. The molecule has 0 aromatic carbocycles. The van der Waals surface area contributed by atoms with E-state index in [4.69, 9.17) is 0 Å². The van der Waals surface area contributed by atoms with Crippen LogP contribution >= 0.6 is 11.8 Å². The van der Waals surface area contributed by atoms with Crippen molar-refractivity contribution in [1.82, 2.24) is 4.90 Å². The van der Waals surface area contributed by atoms with Gasteiger partial charge in [-0.15, -0.1) is 0 Å². The molecule has 0 amide bonds. The summed E-state index contributed by atoms with van der Waals surface area (Å²) in [5, 5.41) is 9.19. The third-order valence-corrected chi connectivity index (χ3v) is 4.72. The van der Waals surface area contributed by atoms with Crippen molar-refractivity contribution in [2.75, 3.05) is 19.3 Å². The number of nitriles is 1. The van der Waals surface area contributed by atoms with E-state index < -0.39 is 0 Å². The van der Waals surface area contributed by atoms with Gasteiger partial charge in [-0.3, -0.25) is 4.90 Å². The highest BCUT2D eigenvalue weighted by Crippen LogP contribution is 2.51. The van der Waals surface area contributed by atoms with Crippen molar-refractivity contribution in [3.05, 3.63) is 0 Å². The van der Waals surface area contributed by atoms with Crippen LogP contribution in [0.1, 0.15) is 25.7 Å². The van der Waals surface area contributed by atoms with Crippen LogP contribution in [0.2, 0.25) is 0 Å². The number of nitrogens with zero attached hydrogens (tertiary/aromatic N) is 2. The van der Waals surface area contributed by atoms with E-state index in [9.17, 15) is 5.26 Å². The molecule has 0 bridgehead atoms. The molecule has 1 saturated heterocycles. The predicted molar refractivity (Wildman–Crippen MR) is 55.7 cm³/mol. The Hall–Kier alpha value is -0.200. The topological polar surface area (TPSA) is 27.0 Å². The van der Waals surface area contributed by atoms with Gasteiger partial charge in [0.2, 0.25) is 0 Å². The molecule has 0 radical (unpaired) electrons. The molecule has 2 nitrogen and oxygen atoms in total. The van der Waals surface area contributed by atoms with E-state index in [1.807, 2.05) is 11.8 Å². The van der Waals surface area contributed by atoms with Crippen LogP contribution in [0.4, 0.5) is 0 Å². The smallest absolute Gasteiger partial charge is 0.113 e. The third kappa shape index (κ3) is 1.58. The molecule has 2 rings (SSSR count). The molecule has 2 fully saturated rings. The van der Waals surface area contributed by atoms with Crippen LogP contribution in [0, 0.1) is 11.3 Å². The number of thioether (sulfide) groups is 1. The van der Waals surface area contributed by atoms with Crippen LogP contribution in [0.25, 0.3) is 0 Å². The van der Waals surface area contributed by atoms with E-state index in [2.05, 4.69) is 17.2 Å². The number of rotatable bonds is 3. The van der Waals surface area contributed by atoms with Gasteiger partial charge in [0.25, 0.3) is 0 Å². The molecule has 1 aliphatic heterocycles. The van der Waals surface area contributed by atoms with E-state index in [0.717, 1.165) is 13.1 Å². The Bertz CT molecular complexity index is 224. The molecule has 1 aliphatic carbocycles. The quantitative estimate of drug-likeness (QED) is 0.689. The lowest BCUT2D eigenvalue weighted by Gasteiger charge is -2.27. The van der Waals surface area contributed by atoms with E-state index >= 15 is 0 Å². The Morgan fingerprint density at radius 3 is 2.38 bits per heavy atom. The summed E-state index contributed by atoms with van der Waals surface area (Å²) in [6.07, 6.45) is 7.18. The Labute approximate surface area is 84.3 Å². The fourth-order valence-corrected chi connectivity index (χ4v) is 3.18. The molecule has 72 valence electrons.